The zero-order valence-electron chi connectivity index (χ0n) is 29.0. The molecule has 0 aliphatic heterocycles. The molecule has 0 saturated carbocycles. The number of rotatable bonds is 24. The van der Waals surface area contributed by atoms with Crippen LogP contribution in [0.5, 0.6) is 0 Å². The van der Waals surface area contributed by atoms with Crippen LogP contribution in [0.25, 0.3) is 0 Å². The molecule has 0 saturated heterocycles. The van der Waals surface area contributed by atoms with Crippen molar-refractivity contribution in [3.05, 3.63) is 35.9 Å². The van der Waals surface area contributed by atoms with Crippen LogP contribution in [0.2, 0.25) is 13.3 Å². The Bertz CT molecular complexity index is 784. The molecular formula is C39H70OSn. The fourth-order valence-corrected chi connectivity index (χ4v) is 19.7. The van der Waals surface area contributed by atoms with Crippen molar-refractivity contribution in [2.24, 2.45) is 17.8 Å². The average molecular weight is 674 g/mol. The van der Waals surface area contributed by atoms with Gasteiger partial charge in [-0.25, -0.2) is 0 Å². The van der Waals surface area contributed by atoms with Crippen LogP contribution in [-0.2, 0) is 11.3 Å². The van der Waals surface area contributed by atoms with Gasteiger partial charge in [0.25, 0.3) is 0 Å². The van der Waals surface area contributed by atoms with E-state index in [4.69, 9.17) is 4.74 Å². The summed E-state index contributed by atoms with van der Waals surface area (Å²) in [6.07, 6.45) is 19.9. The monoisotopic (exact) mass is 674 g/mol. The normalized spacial score (nSPS) is 14.9. The Balaban J connectivity index is 2.86. The minimum atomic E-state index is -2.53. The van der Waals surface area contributed by atoms with Crippen LogP contribution < -0.4 is 0 Å². The van der Waals surface area contributed by atoms with Crippen molar-refractivity contribution in [1.82, 2.24) is 0 Å². The molecule has 41 heavy (non-hydrogen) atoms. The molecule has 0 aromatic heterocycles. The molecule has 1 nitrogen and oxygen atoms in total. The fraction of sp³-hybridized carbons (Fsp3) is 0.795. The molecule has 0 fully saturated rings. The summed E-state index contributed by atoms with van der Waals surface area (Å²) in [5.41, 5.74) is 0.918. The average Bonchev–Trinajstić information content (AvgIpc) is 2.96. The third-order valence-corrected chi connectivity index (χ3v) is 22.3. The zero-order chi connectivity index (χ0) is 30.4. The van der Waals surface area contributed by atoms with Crippen molar-refractivity contribution in [2.75, 3.05) is 0 Å². The Hall–Kier alpha value is -0.461. The number of hydrogen-bond donors (Lipinski definition) is 0. The van der Waals surface area contributed by atoms with Crippen LogP contribution in [-0.4, -0.2) is 24.0 Å². The Kier molecular flexibility index (Phi) is 21.6. The van der Waals surface area contributed by atoms with Gasteiger partial charge in [0.05, 0.1) is 0 Å². The van der Waals surface area contributed by atoms with Crippen molar-refractivity contribution < 1.29 is 4.74 Å². The van der Waals surface area contributed by atoms with Crippen LogP contribution in [0.1, 0.15) is 157 Å². The number of benzene rings is 1. The van der Waals surface area contributed by atoms with Crippen molar-refractivity contribution in [2.45, 2.75) is 177 Å². The first-order chi connectivity index (χ1) is 19.7. The van der Waals surface area contributed by atoms with Gasteiger partial charge in [0, 0.05) is 0 Å². The molecule has 1 aromatic carbocycles. The molecule has 1 aromatic rings. The van der Waals surface area contributed by atoms with E-state index >= 15 is 0 Å². The van der Waals surface area contributed by atoms with Crippen LogP contribution in [0.4, 0.5) is 0 Å². The van der Waals surface area contributed by atoms with E-state index in [0.29, 0.717) is 6.61 Å². The number of ether oxygens (including phenoxy) is 1. The Morgan fingerprint density at radius 3 is 1.66 bits per heavy atom. The summed E-state index contributed by atoms with van der Waals surface area (Å²) in [6, 6.07) is 10.7. The van der Waals surface area contributed by atoms with E-state index < -0.39 is 18.4 Å². The van der Waals surface area contributed by atoms with Gasteiger partial charge >= 0.3 is 231 Å². The molecule has 0 heterocycles. The predicted octanol–water partition coefficient (Wildman–Crippen LogP) is 12.8. The van der Waals surface area contributed by atoms with Crippen LogP contribution in [0, 0.1) is 27.6 Å². The predicted molar refractivity (Wildman–Crippen MR) is 187 cm³/mol. The number of hydrogen-bond acceptors (Lipinski definition) is 1. The molecule has 0 N–H and O–H groups in total. The third-order valence-electron chi connectivity index (χ3n) is 9.24. The van der Waals surface area contributed by atoms with E-state index in [-0.39, 0.29) is 5.60 Å². The summed E-state index contributed by atoms with van der Waals surface area (Å²) in [5, 5.41) is 0. The van der Waals surface area contributed by atoms with E-state index in [9.17, 15) is 0 Å². The molecule has 0 aliphatic rings. The van der Waals surface area contributed by atoms with Crippen LogP contribution in [0.3, 0.4) is 0 Å². The van der Waals surface area contributed by atoms with E-state index in [1.807, 2.05) is 0 Å². The van der Waals surface area contributed by atoms with Gasteiger partial charge in [0.2, 0.25) is 0 Å². The van der Waals surface area contributed by atoms with E-state index in [1.165, 1.54) is 109 Å². The van der Waals surface area contributed by atoms with Crippen LogP contribution in [0.15, 0.2) is 30.3 Å². The summed E-state index contributed by atoms with van der Waals surface area (Å²) in [6.45, 7) is 19.7. The van der Waals surface area contributed by atoms with Gasteiger partial charge in [-0.1, -0.05) is 26.7 Å². The first kappa shape index (κ1) is 38.6. The molecule has 1 rings (SSSR count). The van der Waals surface area contributed by atoms with Gasteiger partial charge in [-0.3, -0.25) is 0 Å². The van der Waals surface area contributed by atoms with Crippen molar-refractivity contribution >= 4 is 18.4 Å². The summed E-state index contributed by atoms with van der Waals surface area (Å²) in [5.74, 6) is 6.43. The Labute approximate surface area is 262 Å². The first-order valence-corrected chi connectivity index (χ1v) is 25.4. The summed E-state index contributed by atoms with van der Waals surface area (Å²) in [7, 11) is 0. The standard InChI is InChI=1S/C27H43O.3C4H9.Sn/c1-7-27(6,28-22-26-19-9-8-10-20-26)21-13-18-25(5)17-12-16-24(4)15-11-14-23(2)3;3*1-3-4-2;/h8-10,19-20,23-25H,11-18,21-22H2,2-6H3;3*1,3-4H2,2H3;/t24-,25-,27?;;;;/m1..../s1. The first-order valence-electron chi connectivity index (χ1n) is 17.9. The Morgan fingerprint density at radius 2 is 1.17 bits per heavy atom. The van der Waals surface area contributed by atoms with Crippen molar-refractivity contribution in [3.8, 4) is 9.86 Å². The van der Waals surface area contributed by atoms with Gasteiger partial charge in [-0.2, -0.15) is 0 Å². The van der Waals surface area contributed by atoms with Crippen molar-refractivity contribution in [3.63, 3.8) is 0 Å². The SMILES string of the molecule is CCC[CH2][Sn]([C]#CC(C)(CCC[C@H](C)CCC[C@H](C)CCCC(C)C)OCc1ccccc1)([CH2]CCC)[CH2]CCC. The second-order valence-corrected chi connectivity index (χ2v) is 26.5. The molecule has 0 spiro atoms. The molecule has 0 radical (unpaired) electrons. The summed E-state index contributed by atoms with van der Waals surface area (Å²) in [4.78, 5) is 0. The number of unbranched alkanes of at least 4 members (excludes halogenated alkanes) is 3. The summed E-state index contributed by atoms with van der Waals surface area (Å²) < 4.78 is 15.2. The molecule has 2 heteroatoms. The van der Waals surface area contributed by atoms with Crippen LogP contribution >= 0.6 is 0 Å². The van der Waals surface area contributed by atoms with Gasteiger partial charge in [-0.15, -0.1) is 0 Å². The van der Waals surface area contributed by atoms with Gasteiger partial charge in [-0.05, 0) is 5.92 Å². The van der Waals surface area contributed by atoms with Gasteiger partial charge < -0.3 is 0 Å². The van der Waals surface area contributed by atoms with E-state index in [1.54, 1.807) is 0 Å². The summed E-state index contributed by atoms with van der Waals surface area (Å²) >= 11 is -2.53. The fourth-order valence-electron chi connectivity index (χ4n) is 6.13. The second kappa shape index (κ2) is 23.0. The van der Waals surface area contributed by atoms with Crippen molar-refractivity contribution in [1.29, 1.82) is 0 Å². The molecule has 0 amide bonds. The second-order valence-electron chi connectivity index (χ2n) is 14.2. The maximum atomic E-state index is 6.73. The molecule has 1 unspecified atom stereocenters. The minimum absolute atomic E-state index is 0.340. The molecule has 3 atom stereocenters. The molecule has 236 valence electrons. The van der Waals surface area contributed by atoms with E-state index in [2.05, 4.69) is 95.6 Å². The molecule has 0 bridgehead atoms. The van der Waals surface area contributed by atoms with E-state index in [0.717, 1.165) is 24.2 Å². The maximum absolute atomic E-state index is 6.73. The third kappa shape index (κ3) is 18.7. The topological polar surface area (TPSA) is 9.23 Å². The van der Waals surface area contributed by atoms with Gasteiger partial charge in [0.15, 0.2) is 0 Å². The molecule has 0 aliphatic carbocycles. The zero-order valence-corrected chi connectivity index (χ0v) is 31.8. The quantitative estimate of drug-likeness (QED) is 0.0784. The van der Waals surface area contributed by atoms with Gasteiger partial charge in [0.1, 0.15) is 0 Å². The Morgan fingerprint density at radius 1 is 0.683 bits per heavy atom. The molecular weight excluding hydrogens is 603 g/mol.